The van der Waals surface area contributed by atoms with Crippen molar-refractivity contribution in [1.82, 2.24) is 0 Å². The minimum absolute atomic E-state index is 0.139. The average Bonchev–Trinajstić information content (AvgIpc) is 2.99. The highest BCUT2D eigenvalue weighted by Crippen LogP contribution is 2.54. The van der Waals surface area contributed by atoms with Crippen molar-refractivity contribution in [1.29, 1.82) is 0 Å². The zero-order valence-corrected chi connectivity index (χ0v) is 10.4. The highest BCUT2D eigenvalue weighted by molar-refractivity contribution is 5.39. The lowest BCUT2D eigenvalue weighted by molar-refractivity contribution is 0.339. The van der Waals surface area contributed by atoms with Crippen LogP contribution in [0.2, 0.25) is 0 Å². The van der Waals surface area contributed by atoms with Crippen molar-refractivity contribution in [2.45, 2.75) is 44.6 Å². The largest absolute Gasteiger partial charge is 0.494 e. The Kier molecular flexibility index (Phi) is 2.70. The lowest BCUT2D eigenvalue weighted by atomic mass is 9.79. The van der Waals surface area contributed by atoms with E-state index in [4.69, 9.17) is 10.5 Å². The molecule has 0 bridgehead atoms. The number of benzene rings is 1. The molecule has 1 fully saturated rings. The predicted molar refractivity (Wildman–Crippen MR) is 66.8 cm³/mol. The Morgan fingerprint density at radius 3 is 2.19 bits per heavy atom. The van der Waals surface area contributed by atoms with Crippen molar-refractivity contribution in [2.24, 2.45) is 5.73 Å². The SMILES string of the molecule is CCOc1ccc(C2(C(C)(C)N)CC2)cc1. The summed E-state index contributed by atoms with van der Waals surface area (Å²) < 4.78 is 5.45. The Balaban J connectivity index is 2.22. The Morgan fingerprint density at radius 2 is 1.81 bits per heavy atom. The third-order valence-corrected chi connectivity index (χ3v) is 3.70. The van der Waals surface area contributed by atoms with Crippen LogP contribution in [-0.4, -0.2) is 12.1 Å². The summed E-state index contributed by atoms with van der Waals surface area (Å²) in [7, 11) is 0. The fraction of sp³-hybridized carbons (Fsp3) is 0.571. The number of rotatable bonds is 4. The van der Waals surface area contributed by atoms with E-state index in [-0.39, 0.29) is 11.0 Å². The fourth-order valence-electron chi connectivity index (χ4n) is 2.47. The molecule has 0 radical (unpaired) electrons. The first-order chi connectivity index (χ1) is 7.49. The van der Waals surface area contributed by atoms with Gasteiger partial charge in [0.15, 0.2) is 0 Å². The molecule has 2 rings (SSSR count). The van der Waals surface area contributed by atoms with E-state index in [0.717, 1.165) is 5.75 Å². The lowest BCUT2D eigenvalue weighted by Gasteiger charge is -2.31. The maximum atomic E-state index is 6.27. The molecule has 2 N–H and O–H groups in total. The predicted octanol–water partition coefficient (Wildman–Crippen LogP) is 2.85. The van der Waals surface area contributed by atoms with E-state index >= 15 is 0 Å². The standard InChI is InChI=1S/C14H21NO/c1-4-16-12-7-5-11(6-8-12)14(9-10-14)13(2,3)15/h5-8H,4,9-10,15H2,1-3H3. The van der Waals surface area contributed by atoms with Crippen LogP contribution in [0.25, 0.3) is 0 Å². The van der Waals surface area contributed by atoms with Gasteiger partial charge in [-0.05, 0) is 51.3 Å². The minimum atomic E-state index is -0.139. The molecule has 2 heteroatoms. The fourth-order valence-corrected chi connectivity index (χ4v) is 2.47. The number of nitrogens with two attached hydrogens (primary N) is 1. The van der Waals surface area contributed by atoms with Gasteiger partial charge in [-0.15, -0.1) is 0 Å². The molecule has 0 heterocycles. The summed E-state index contributed by atoms with van der Waals surface area (Å²) in [4.78, 5) is 0. The van der Waals surface area contributed by atoms with Gasteiger partial charge in [-0.1, -0.05) is 12.1 Å². The maximum Gasteiger partial charge on any atom is 0.119 e. The molecule has 16 heavy (non-hydrogen) atoms. The van der Waals surface area contributed by atoms with Crippen LogP contribution in [0.1, 0.15) is 39.2 Å². The molecule has 0 spiro atoms. The molecule has 0 amide bonds. The van der Waals surface area contributed by atoms with Gasteiger partial charge < -0.3 is 10.5 Å². The summed E-state index contributed by atoms with van der Waals surface area (Å²) in [6, 6.07) is 8.41. The second kappa shape index (κ2) is 3.77. The molecule has 1 aliphatic rings. The minimum Gasteiger partial charge on any atom is -0.494 e. The van der Waals surface area contributed by atoms with E-state index in [1.54, 1.807) is 0 Å². The lowest BCUT2D eigenvalue weighted by Crippen LogP contribution is -2.45. The van der Waals surface area contributed by atoms with Crippen molar-refractivity contribution < 1.29 is 4.74 Å². The van der Waals surface area contributed by atoms with Gasteiger partial charge in [0.05, 0.1) is 6.61 Å². The van der Waals surface area contributed by atoms with Crippen molar-refractivity contribution in [3.8, 4) is 5.75 Å². The first-order valence-corrected chi connectivity index (χ1v) is 6.02. The van der Waals surface area contributed by atoms with Crippen LogP contribution in [0.4, 0.5) is 0 Å². The van der Waals surface area contributed by atoms with Crippen molar-refractivity contribution in [3.63, 3.8) is 0 Å². The maximum absolute atomic E-state index is 6.27. The molecule has 1 aliphatic carbocycles. The normalized spacial score (nSPS) is 18.2. The summed E-state index contributed by atoms with van der Waals surface area (Å²) in [5.74, 6) is 0.942. The van der Waals surface area contributed by atoms with Gasteiger partial charge in [0.1, 0.15) is 5.75 Å². The van der Waals surface area contributed by atoms with Gasteiger partial charge in [-0.3, -0.25) is 0 Å². The average molecular weight is 219 g/mol. The van der Waals surface area contributed by atoms with Crippen LogP contribution < -0.4 is 10.5 Å². The van der Waals surface area contributed by atoms with E-state index in [1.165, 1.54) is 18.4 Å². The van der Waals surface area contributed by atoms with Crippen LogP contribution in [0, 0.1) is 0 Å². The summed E-state index contributed by atoms with van der Waals surface area (Å²) >= 11 is 0. The van der Waals surface area contributed by atoms with Crippen molar-refractivity contribution in [3.05, 3.63) is 29.8 Å². The molecule has 0 atom stereocenters. The molecule has 1 aromatic carbocycles. The van der Waals surface area contributed by atoms with Gasteiger partial charge in [0.25, 0.3) is 0 Å². The zero-order valence-electron chi connectivity index (χ0n) is 10.4. The van der Waals surface area contributed by atoms with Gasteiger partial charge in [-0.2, -0.15) is 0 Å². The molecule has 0 unspecified atom stereocenters. The monoisotopic (exact) mass is 219 g/mol. The third-order valence-electron chi connectivity index (χ3n) is 3.70. The van der Waals surface area contributed by atoms with Gasteiger partial charge in [-0.25, -0.2) is 0 Å². The number of ether oxygens (including phenoxy) is 1. The molecule has 0 aliphatic heterocycles. The number of hydrogen-bond donors (Lipinski definition) is 1. The molecular formula is C14H21NO. The molecule has 0 saturated heterocycles. The molecule has 0 aromatic heterocycles. The Hall–Kier alpha value is -1.02. The third kappa shape index (κ3) is 1.82. The quantitative estimate of drug-likeness (QED) is 0.845. The number of hydrogen-bond acceptors (Lipinski definition) is 2. The second-order valence-electron chi connectivity index (χ2n) is 5.26. The topological polar surface area (TPSA) is 35.2 Å². The van der Waals surface area contributed by atoms with Gasteiger partial charge in [0.2, 0.25) is 0 Å². The second-order valence-corrected chi connectivity index (χ2v) is 5.26. The highest BCUT2D eigenvalue weighted by Gasteiger charge is 2.53. The van der Waals surface area contributed by atoms with Crippen molar-refractivity contribution >= 4 is 0 Å². The van der Waals surface area contributed by atoms with E-state index in [9.17, 15) is 0 Å². The Labute approximate surface area is 97.8 Å². The van der Waals surface area contributed by atoms with E-state index in [0.29, 0.717) is 6.61 Å². The zero-order chi connectivity index (χ0) is 11.8. The smallest absolute Gasteiger partial charge is 0.119 e. The summed E-state index contributed by atoms with van der Waals surface area (Å²) in [5.41, 5.74) is 7.68. The first-order valence-electron chi connectivity index (χ1n) is 6.02. The molecular weight excluding hydrogens is 198 g/mol. The van der Waals surface area contributed by atoms with Crippen LogP contribution in [0.3, 0.4) is 0 Å². The molecule has 1 saturated carbocycles. The summed E-state index contributed by atoms with van der Waals surface area (Å²) in [6.07, 6.45) is 2.40. The van der Waals surface area contributed by atoms with E-state index < -0.39 is 0 Å². The first kappa shape index (κ1) is 11.5. The van der Waals surface area contributed by atoms with Crippen LogP contribution >= 0.6 is 0 Å². The van der Waals surface area contributed by atoms with Crippen LogP contribution in [0.5, 0.6) is 5.75 Å². The van der Waals surface area contributed by atoms with Crippen molar-refractivity contribution in [2.75, 3.05) is 6.61 Å². The van der Waals surface area contributed by atoms with E-state index in [1.807, 2.05) is 19.1 Å². The van der Waals surface area contributed by atoms with Crippen LogP contribution in [0.15, 0.2) is 24.3 Å². The molecule has 88 valence electrons. The van der Waals surface area contributed by atoms with E-state index in [2.05, 4.69) is 26.0 Å². The summed E-state index contributed by atoms with van der Waals surface area (Å²) in [5, 5.41) is 0. The Morgan fingerprint density at radius 1 is 1.25 bits per heavy atom. The van der Waals surface area contributed by atoms with Gasteiger partial charge >= 0.3 is 0 Å². The van der Waals surface area contributed by atoms with Gasteiger partial charge in [0, 0.05) is 11.0 Å². The van der Waals surface area contributed by atoms with Crippen LogP contribution in [-0.2, 0) is 5.41 Å². The summed E-state index contributed by atoms with van der Waals surface area (Å²) in [6.45, 7) is 6.96. The highest BCUT2D eigenvalue weighted by atomic mass is 16.5. The molecule has 2 nitrogen and oxygen atoms in total. The Bertz CT molecular complexity index is 357. The molecule has 1 aromatic rings.